The van der Waals surface area contributed by atoms with Crippen LogP contribution in [0.2, 0.25) is 0 Å². The molecule has 0 spiro atoms. The molecule has 2 atom stereocenters. The van der Waals surface area contributed by atoms with Gasteiger partial charge >= 0.3 is 0 Å². The molecule has 0 aromatic carbocycles. The van der Waals surface area contributed by atoms with Gasteiger partial charge in [0.15, 0.2) is 0 Å². The van der Waals surface area contributed by atoms with Crippen LogP contribution < -0.4 is 5.32 Å². The number of rotatable bonds is 6. The molecule has 7 heteroatoms. The van der Waals surface area contributed by atoms with Gasteiger partial charge in [-0.15, -0.1) is 0 Å². The van der Waals surface area contributed by atoms with E-state index in [9.17, 15) is 0 Å². The second-order valence-corrected chi connectivity index (χ2v) is 6.58. The molecular formula is C19H24N6O. The van der Waals surface area contributed by atoms with Gasteiger partial charge < -0.3 is 10.1 Å². The second-order valence-electron chi connectivity index (χ2n) is 6.58. The molecule has 4 rings (SSSR count). The molecule has 1 aliphatic rings. The van der Waals surface area contributed by atoms with Crippen molar-refractivity contribution in [2.45, 2.75) is 32.9 Å². The Labute approximate surface area is 153 Å². The van der Waals surface area contributed by atoms with Crippen LogP contribution in [-0.4, -0.2) is 37.5 Å². The fraction of sp³-hybridized carbons (Fsp3) is 0.421. The Morgan fingerprint density at radius 3 is 3.04 bits per heavy atom. The molecule has 0 bridgehead atoms. The molecule has 1 saturated heterocycles. The van der Waals surface area contributed by atoms with E-state index in [1.165, 1.54) is 0 Å². The van der Waals surface area contributed by atoms with Gasteiger partial charge in [0.05, 0.1) is 12.3 Å². The molecule has 0 radical (unpaired) electrons. The van der Waals surface area contributed by atoms with Crippen molar-refractivity contribution in [2.75, 3.05) is 18.5 Å². The summed E-state index contributed by atoms with van der Waals surface area (Å²) in [6.45, 7) is 6.54. The number of hydrogen-bond donors (Lipinski definition) is 1. The minimum atomic E-state index is 0.0990. The first kappa shape index (κ1) is 16.8. The normalized spacial score (nSPS) is 19.8. The Kier molecular flexibility index (Phi) is 4.71. The van der Waals surface area contributed by atoms with E-state index >= 15 is 0 Å². The highest BCUT2D eigenvalue weighted by Crippen LogP contribution is 2.34. The fourth-order valence-corrected chi connectivity index (χ4v) is 3.42. The quantitative estimate of drug-likeness (QED) is 0.738. The van der Waals surface area contributed by atoms with E-state index in [2.05, 4.69) is 28.5 Å². The molecular weight excluding hydrogens is 328 g/mol. The number of aryl methyl sites for hydroxylation is 2. The monoisotopic (exact) mass is 352 g/mol. The third-order valence-corrected chi connectivity index (χ3v) is 4.87. The maximum Gasteiger partial charge on any atom is 0.140 e. The summed E-state index contributed by atoms with van der Waals surface area (Å²) < 4.78 is 9.89. The zero-order valence-electron chi connectivity index (χ0n) is 15.2. The molecule has 1 aliphatic heterocycles. The lowest BCUT2D eigenvalue weighted by atomic mass is 9.97. The number of ether oxygens (including phenoxy) is 1. The van der Waals surface area contributed by atoms with Gasteiger partial charge in [-0.25, -0.2) is 9.97 Å². The lowest BCUT2D eigenvalue weighted by molar-refractivity contribution is 0.0932. The summed E-state index contributed by atoms with van der Waals surface area (Å²) in [6.07, 6.45) is 8.86. The van der Waals surface area contributed by atoms with E-state index in [1.807, 2.05) is 46.8 Å². The van der Waals surface area contributed by atoms with Gasteiger partial charge in [-0.2, -0.15) is 5.10 Å². The lowest BCUT2D eigenvalue weighted by Crippen LogP contribution is -2.18. The van der Waals surface area contributed by atoms with Crippen LogP contribution in [0.1, 0.15) is 30.8 Å². The van der Waals surface area contributed by atoms with Crippen molar-refractivity contribution in [1.82, 2.24) is 24.3 Å². The molecule has 7 nitrogen and oxygen atoms in total. The molecule has 1 N–H and O–H groups in total. The average Bonchev–Trinajstić information content (AvgIpc) is 3.40. The molecule has 3 aromatic rings. The summed E-state index contributed by atoms with van der Waals surface area (Å²) in [7, 11) is 0. The van der Waals surface area contributed by atoms with Crippen LogP contribution in [0, 0.1) is 12.8 Å². The van der Waals surface area contributed by atoms with Crippen LogP contribution in [0.25, 0.3) is 5.82 Å². The highest BCUT2D eigenvalue weighted by atomic mass is 16.5. The van der Waals surface area contributed by atoms with Crippen LogP contribution in [0.3, 0.4) is 0 Å². The summed E-state index contributed by atoms with van der Waals surface area (Å²) >= 11 is 0. The Morgan fingerprint density at radius 1 is 1.35 bits per heavy atom. The molecule has 136 valence electrons. The highest BCUT2D eigenvalue weighted by molar-refractivity contribution is 5.40. The molecule has 4 heterocycles. The van der Waals surface area contributed by atoms with E-state index in [1.54, 1.807) is 6.20 Å². The zero-order chi connectivity index (χ0) is 17.9. The Bertz CT molecular complexity index is 870. The maximum absolute atomic E-state index is 5.97. The van der Waals surface area contributed by atoms with Gasteiger partial charge in [0.1, 0.15) is 17.5 Å². The van der Waals surface area contributed by atoms with Crippen molar-refractivity contribution in [3.63, 3.8) is 0 Å². The van der Waals surface area contributed by atoms with Crippen molar-refractivity contribution in [3.05, 3.63) is 54.4 Å². The number of anilines is 1. The first-order valence-electron chi connectivity index (χ1n) is 9.10. The number of nitrogens with zero attached hydrogens (tertiary/aromatic N) is 5. The number of nitrogens with one attached hydrogen (secondary N) is 1. The third-order valence-electron chi connectivity index (χ3n) is 4.87. The topological polar surface area (TPSA) is 69.8 Å². The van der Waals surface area contributed by atoms with Crippen molar-refractivity contribution in [2.24, 2.45) is 5.92 Å². The van der Waals surface area contributed by atoms with E-state index in [-0.39, 0.29) is 6.10 Å². The van der Waals surface area contributed by atoms with Crippen molar-refractivity contribution in [3.8, 4) is 5.82 Å². The molecule has 3 aromatic heterocycles. The number of pyridine rings is 1. The Morgan fingerprint density at radius 2 is 2.27 bits per heavy atom. The SMILES string of the molecule is CCn1cc([C@H]2OCC[C@@H]2CNc2cccc(-n3ccnc3C)n2)cn1. The van der Waals surface area contributed by atoms with Crippen molar-refractivity contribution in [1.29, 1.82) is 0 Å². The summed E-state index contributed by atoms with van der Waals surface area (Å²) in [4.78, 5) is 8.97. The van der Waals surface area contributed by atoms with Crippen LogP contribution in [0.15, 0.2) is 43.0 Å². The molecule has 0 saturated carbocycles. The van der Waals surface area contributed by atoms with Gasteiger partial charge in [0.25, 0.3) is 0 Å². The number of aromatic nitrogens is 5. The molecule has 0 aliphatic carbocycles. The van der Waals surface area contributed by atoms with E-state index in [0.29, 0.717) is 5.92 Å². The average molecular weight is 352 g/mol. The van der Waals surface area contributed by atoms with Gasteiger partial charge in [-0.1, -0.05) is 6.07 Å². The summed E-state index contributed by atoms with van der Waals surface area (Å²) in [6, 6.07) is 5.99. The maximum atomic E-state index is 5.97. The van der Waals surface area contributed by atoms with E-state index in [0.717, 1.165) is 49.1 Å². The predicted molar refractivity (Wildman–Crippen MR) is 99.3 cm³/mol. The summed E-state index contributed by atoms with van der Waals surface area (Å²) in [5, 5.41) is 7.85. The molecule has 0 amide bonds. The van der Waals surface area contributed by atoms with E-state index < -0.39 is 0 Å². The number of imidazole rings is 1. The number of hydrogen-bond acceptors (Lipinski definition) is 5. The summed E-state index contributed by atoms with van der Waals surface area (Å²) in [5.41, 5.74) is 1.16. The molecule has 1 fully saturated rings. The first-order valence-corrected chi connectivity index (χ1v) is 9.10. The van der Waals surface area contributed by atoms with Crippen LogP contribution >= 0.6 is 0 Å². The minimum absolute atomic E-state index is 0.0990. The molecule has 0 unspecified atom stereocenters. The highest BCUT2D eigenvalue weighted by Gasteiger charge is 2.30. The van der Waals surface area contributed by atoms with Gasteiger partial charge in [0.2, 0.25) is 0 Å². The third kappa shape index (κ3) is 3.35. The van der Waals surface area contributed by atoms with Gasteiger partial charge in [-0.05, 0) is 32.4 Å². The van der Waals surface area contributed by atoms with Gasteiger partial charge in [0, 0.05) is 49.8 Å². The van der Waals surface area contributed by atoms with E-state index in [4.69, 9.17) is 9.72 Å². The van der Waals surface area contributed by atoms with Crippen LogP contribution in [0.4, 0.5) is 5.82 Å². The minimum Gasteiger partial charge on any atom is -0.373 e. The Hall–Kier alpha value is -2.67. The first-order chi connectivity index (χ1) is 12.7. The lowest BCUT2D eigenvalue weighted by Gasteiger charge is -2.18. The zero-order valence-corrected chi connectivity index (χ0v) is 15.2. The van der Waals surface area contributed by atoms with Crippen LogP contribution in [-0.2, 0) is 11.3 Å². The molecule has 26 heavy (non-hydrogen) atoms. The Balaban J connectivity index is 1.44. The second kappa shape index (κ2) is 7.29. The smallest absolute Gasteiger partial charge is 0.140 e. The fourth-order valence-electron chi connectivity index (χ4n) is 3.42. The summed E-state index contributed by atoms with van der Waals surface area (Å²) in [5.74, 6) is 3.07. The van der Waals surface area contributed by atoms with Crippen molar-refractivity contribution < 1.29 is 4.74 Å². The van der Waals surface area contributed by atoms with Crippen molar-refractivity contribution >= 4 is 5.82 Å². The predicted octanol–water partition coefficient (Wildman–Crippen LogP) is 2.98. The largest absolute Gasteiger partial charge is 0.373 e. The standard InChI is InChI=1S/C19H24N6O/c1-3-24-13-16(12-22-24)19-15(7-10-26-19)11-21-17-5-4-6-18(23-17)25-9-8-20-14(25)2/h4-6,8-9,12-13,15,19H,3,7,10-11H2,1-2H3,(H,21,23)/t15-,19+/m1/s1. The van der Waals surface area contributed by atoms with Gasteiger partial charge in [-0.3, -0.25) is 9.25 Å². The van der Waals surface area contributed by atoms with Crippen LogP contribution in [0.5, 0.6) is 0 Å².